The number of likely N-dealkylation sites (tertiary alicyclic amines) is 1. The highest BCUT2D eigenvalue weighted by atomic mass is 16.1. The van der Waals surface area contributed by atoms with Crippen molar-refractivity contribution in [1.29, 1.82) is 0 Å². The van der Waals surface area contributed by atoms with E-state index in [4.69, 9.17) is 0 Å². The zero-order valence-electron chi connectivity index (χ0n) is 9.87. The van der Waals surface area contributed by atoms with Crippen LogP contribution in [0.4, 0.5) is 0 Å². The van der Waals surface area contributed by atoms with Gasteiger partial charge in [0.15, 0.2) is 0 Å². The highest BCUT2D eigenvalue weighted by Crippen LogP contribution is 2.11. The van der Waals surface area contributed by atoms with Gasteiger partial charge in [0.2, 0.25) is 6.41 Å². The minimum Gasteiger partial charge on any atom is -0.358 e. The molecule has 0 aliphatic carbocycles. The standard InChI is InChI=1S/C12H24N2O/c1-12(10-13-11-15)6-5-9-14-7-3-2-4-8-14/h11-12H,2-10H2,1H3,(H,13,15). The van der Waals surface area contributed by atoms with Crippen LogP contribution in [0.15, 0.2) is 0 Å². The largest absolute Gasteiger partial charge is 0.358 e. The third-order valence-corrected chi connectivity index (χ3v) is 3.17. The van der Waals surface area contributed by atoms with Crippen molar-refractivity contribution in [1.82, 2.24) is 10.2 Å². The molecule has 0 aromatic carbocycles. The molecule has 3 heteroatoms. The maximum Gasteiger partial charge on any atom is 0.207 e. The monoisotopic (exact) mass is 212 g/mol. The molecule has 0 saturated carbocycles. The van der Waals surface area contributed by atoms with Gasteiger partial charge in [0.1, 0.15) is 0 Å². The molecular formula is C12H24N2O. The zero-order valence-corrected chi connectivity index (χ0v) is 9.87. The summed E-state index contributed by atoms with van der Waals surface area (Å²) in [7, 11) is 0. The second-order valence-electron chi connectivity index (χ2n) is 4.68. The molecule has 0 aromatic rings. The van der Waals surface area contributed by atoms with Crippen LogP contribution in [0.5, 0.6) is 0 Å². The number of piperidine rings is 1. The van der Waals surface area contributed by atoms with Crippen LogP contribution in [-0.2, 0) is 4.79 Å². The SMILES string of the molecule is CC(CCCN1CCCCC1)CNC=O. The van der Waals surface area contributed by atoms with Crippen LogP contribution in [0.1, 0.15) is 39.0 Å². The fourth-order valence-electron chi connectivity index (χ4n) is 2.20. The predicted octanol–water partition coefficient (Wildman–Crippen LogP) is 1.63. The van der Waals surface area contributed by atoms with Gasteiger partial charge in [-0.05, 0) is 51.2 Å². The van der Waals surface area contributed by atoms with E-state index in [1.807, 2.05) is 0 Å². The Morgan fingerprint density at radius 2 is 2.07 bits per heavy atom. The molecule has 0 aromatic heterocycles. The molecule has 15 heavy (non-hydrogen) atoms. The van der Waals surface area contributed by atoms with Gasteiger partial charge in [-0.3, -0.25) is 4.79 Å². The van der Waals surface area contributed by atoms with Gasteiger partial charge in [0, 0.05) is 6.54 Å². The van der Waals surface area contributed by atoms with Gasteiger partial charge in [-0.25, -0.2) is 0 Å². The Morgan fingerprint density at radius 3 is 2.73 bits per heavy atom. The Bertz CT molecular complexity index is 167. The number of hydrogen-bond acceptors (Lipinski definition) is 2. The molecule has 1 aliphatic rings. The zero-order chi connectivity index (χ0) is 10.9. The van der Waals surface area contributed by atoms with E-state index in [1.165, 1.54) is 51.7 Å². The number of hydrogen-bond donors (Lipinski definition) is 1. The summed E-state index contributed by atoms with van der Waals surface area (Å²) in [5, 5.41) is 2.74. The lowest BCUT2D eigenvalue weighted by molar-refractivity contribution is -0.109. The molecule has 1 fully saturated rings. The topological polar surface area (TPSA) is 32.3 Å². The molecule has 88 valence electrons. The first kappa shape index (κ1) is 12.5. The number of nitrogens with zero attached hydrogens (tertiary/aromatic N) is 1. The highest BCUT2D eigenvalue weighted by Gasteiger charge is 2.09. The van der Waals surface area contributed by atoms with Crippen molar-refractivity contribution in [2.45, 2.75) is 39.0 Å². The summed E-state index contributed by atoms with van der Waals surface area (Å²) >= 11 is 0. The van der Waals surface area contributed by atoms with Crippen LogP contribution in [0, 0.1) is 5.92 Å². The number of amides is 1. The molecule has 3 nitrogen and oxygen atoms in total. The predicted molar refractivity (Wildman–Crippen MR) is 62.8 cm³/mol. The Hall–Kier alpha value is -0.570. The summed E-state index contributed by atoms with van der Waals surface area (Å²) in [5.41, 5.74) is 0. The fourth-order valence-corrected chi connectivity index (χ4v) is 2.20. The molecule has 1 amide bonds. The second-order valence-corrected chi connectivity index (χ2v) is 4.68. The quantitative estimate of drug-likeness (QED) is 0.651. The summed E-state index contributed by atoms with van der Waals surface area (Å²) in [6.07, 6.45) is 7.45. The summed E-state index contributed by atoms with van der Waals surface area (Å²) in [6.45, 7) is 6.85. The van der Waals surface area contributed by atoms with Gasteiger partial charge in [0.05, 0.1) is 0 Å². The van der Waals surface area contributed by atoms with E-state index in [0.717, 1.165) is 13.0 Å². The average Bonchev–Trinajstić information content (AvgIpc) is 2.28. The molecule has 0 radical (unpaired) electrons. The molecule has 0 bridgehead atoms. The number of carbonyl (C=O) groups excluding carboxylic acids is 1. The second kappa shape index (κ2) is 7.69. The lowest BCUT2D eigenvalue weighted by Gasteiger charge is -2.26. The van der Waals surface area contributed by atoms with E-state index in [0.29, 0.717) is 5.92 Å². The van der Waals surface area contributed by atoms with Crippen LogP contribution < -0.4 is 5.32 Å². The van der Waals surface area contributed by atoms with Crippen molar-refractivity contribution in [3.05, 3.63) is 0 Å². The summed E-state index contributed by atoms with van der Waals surface area (Å²) in [6, 6.07) is 0. The Labute approximate surface area is 93.2 Å². The summed E-state index contributed by atoms with van der Waals surface area (Å²) < 4.78 is 0. The Balaban J connectivity index is 1.96. The van der Waals surface area contributed by atoms with Gasteiger partial charge < -0.3 is 10.2 Å². The minimum absolute atomic E-state index is 0.611. The van der Waals surface area contributed by atoms with E-state index in [1.54, 1.807) is 0 Å². The molecule has 1 rings (SSSR count). The number of nitrogens with one attached hydrogen (secondary N) is 1. The first-order valence-corrected chi connectivity index (χ1v) is 6.22. The maximum atomic E-state index is 10.1. The third-order valence-electron chi connectivity index (χ3n) is 3.17. The smallest absolute Gasteiger partial charge is 0.207 e. The van der Waals surface area contributed by atoms with Gasteiger partial charge >= 0.3 is 0 Å². The lowest BCUT2D eigenvalue weighted by Crippen LogP contribution is -2.31. The first-order valence-electron chi connectivity index (χ1n) is 6.22. The van der Waals surface area contributed by atoms with Crippen LogP contribution in [0.2, 0.25) is 0 Å². The van der Waals surface area contributed by atoms with Crippen molar-refractivity contribution in [2.24, 2.45) is 5.92 Å². The average molecular weight is 212 g/mol. The van der Waals surface area contributed by atoms with Crippen molar-refractivity contribution in [3.63, 3.8) is 0 Å². The van der Waals surface area contributed by atoms with Crippen molar-refractivity contribution < 1.29 is 4.79 Å². The molecule has 1 aliphatic heterocycles. The first-order chi connectivity index (χ1) is 7.33. The lowest BCUT2D eigenvalue weighted by atomic mass is 10.0. The van der Waals surface area contributed by atoms with Crippen LogP contribution >= 0.6 is 0 Å². The van der Waals surface area contributed by atoms with Gasteiger partial charge in [0.25, 0.3) is 0 Å². The summed E-state index contributed by atoms with van der Waals surface area (Å²) in [4.78, 5) is 12.7. The van der Waals surface area contributed by atoms with Crippen molar-refractivity contribution >= 4 is 6.41 Å². The van der Waals surface area contributed by atoms with Crippen molar-refractivity contribution in [3.8, 4) is 0 Å². The maximum absolute atomic E-state index is 10.1. The van der Waals surface area contributed by atoms with Crippen molar-refractivity contribution in [2.75, 3.05) is 26.2 Å². The molecule has 1 saturated heterocycles. The van der Waals surface area contributed by atoms with Gasteiger partial charge in [-0.2, -0.15) is 0 Å². The number of carbonyl (C=O) groups is 1. The van der Waals surface area contributed by atoms with E-state index >= 15 is 0 Å². The number of rotatable bonds is 7. The normalized spacial score (nSPS) is 19.8. The molecule has 1 N–H and O–H groups in total. The summed E-state index contributed by atoms with van der Waals surface area (Å²) in [5.74, 6) is 0.611. The molecule has 1 heterocycles. The minimum atomic E-state index is 0.611. The van der Waals surface area contributed by atoms with E-state index in [9.17, 15) is 4.79 Å². The fraction of sp³-hybridized carbons (Fsp3) is 0.917. The van der Waals surface area contributed by atoms with Gasteiger partial charge in [-0.1, -0.05) is 13.3 Å². The van der Waals surface area contributed by atoms with E-state index < -0.39 is 0 Å². The van der Waals surface area contributed by atoms with Gasteiger partial charge in [-0.15, -0.1) is 0 Å². The Kier molecular flexibility index (Phi) is 6.41. The third kappa shape index (κ3) is 5.78. The van der Waals surface area contributed by atoms with Crippen LogP contribution in [0.25, 0.3) is 0 Å². The van der Waals surface area contributed by atoms with Crippen LogP contribution in [0.3, 0.4) is 0 Å². The molecular weight excluding hydrogens is 188 g/mol. The molecule has 1 unspecified atom stereocenters. The van der Waals surface area contributed by atoms with Crippen LogP contribution in [-0.4, -0.2) is 37.5 Å². The Morgan fingerprint density at radius 1 is 1.33 bits per heavy atom. The molecule has 1 atom stereocenters. The highest BCUT2D eigenvalue weighted by molar-refractivity contribution is 5.45. The van der Waals surface area contributed by atoms with E-state index in [-0.39, 0.29) is 0 Å². The van der Waals surface area contributed by atoms with E-state index in [2.05, 4.69) is 17.1 Å². The molecule has 0 spiro atoms.